The lowest BCUT2D eigenvalue weighted by molar-refractivity contribution is -0.304. The number of hydrogen-bond donors (Lipinski definition) is 2. The highest BCUT2D eigenvalue weighted by atomic mass is 19.1. The lowest BCUT2D eigenvalue weighted by Gasteiger charge is -2.06. The lowest BCUT2D eigenvalue weighted by atomic mass is 10.1. The van der Waals surface area contributed by atoms with Gasteiger partial charge >= 0.3 is 0 Å². The van der Waals surface area contributed by atoms with E-state index in [-0.39, 0.29) is 11.3 Å². The van der Waals surface area contributed by atoms with Gasteiger partial charge in [0.25, 0.3) is 0 Å². The Morgan fingerprint density at radius 1 is 1.62 bits per heavy atom. The van der Waals surface area contributed by atoms with E-state index in [9.17, 15) is 14.3 Å². The van der Waals surface area contributed by atoms with Gasteiger partial charge in [0, 0.05) is 12.4 Å². The standard InChI is InChI=1S/C8H8FNO3/c9-7-4(3-6(11)12)1-2-5(10)8(7)13/h1-2,13H,3,10H2,(H,11,12)/p-1. The monoisotopic (exact) mass is 184 g/mol. The van der Waals surface area contributed by atoms with Gasteiger partial charge in [-0.05, 0) is 11.6 Å². The molecule has 1 aromatic rings. The first kappa shape index (κ1) is 9.31. The molecule has 4 nitrogen and oxygen atoms in total. The smallest absolute Gasteiger partial charge is 0.175 e. The van der Waals surface area contributed by atoms with E-state index in [2.05, 4.69) is 0 Å². The van der Waals surface area contributed by atoms with E-state index in [1.54, 1.807) is 0 Å². The van der Waals surface area contributed by atoms with Gasteiger partial charge in [-0.3, -0.25) is 0 Å². The molecule has 0 amide bonds. The molecule has 0 fully saturated rings. The van der Waals surface area contributed by atoms with Crippen LogP contribution in [0.3, 0.4) is 0 Å². The summed E-state index contributed by atoms with van der Waals surface area (Å²) in [5.74, 6) is -3.15. The third-order valence-electron chi connectivity index (χ3n) is 1.56. The molecule has 1 aromatic carbocycles. The van der Waals surface area contributed by atoms with Crippen molar-refractivity contribution in [3.63, 3.8) is 0 Å². The summed E-state index contributed by atoms with van der Waals surface area (Å²) in [6, 6.07) is 2.43. The quantitative estimate of drug-likeness (QED) is 0.475. The SMILES string of the molecule is Nc1ccc(CC(=O)[O-])c(F)c1O. The fraction of sp³-hybridized carbons (Fsp3) is 0.125. The summed E-state index contributed by atoms with van der Waals surface area (Å²) in [6.45, 7) is 0. The predicted octanol–water partition coefficient (Wildman–Crippen LogP) is -0.594. The fourth-order valence-electron chi connectivity index (χ4n) is 0.913. The van der Waals surface area contributed by atoms with Gasteiger partial charge in [0.2, 0.25) is 0 Å². The molecule has 0 unspecified atom stereocenters. The second-order valence-electron chi connectivity index (χ2n) is 2.53. The molecule has 3 N–H and O–H groups in total. The van der Waals surface area contributed by atoms with E-state index < -0.39 is 24.0 Å². The van der Waals surface area contributed by atoms with Crippen LogP contribution in [0.1, 0.15) is 5.56 Å². The summed E-state index contributed by atoms with van der Waals surface area (Å²) in [7, 11) is 0. The zero-order chi connectivity index (χ0) is 10.0. The minimum atomic E-state index is -1.41. The zero-order valence-corrected chi connectivity index (χ0v) is 6.58. The molecule has 0 aliphatic rings. The second-order valence-corrected chi connectivity index (χ2v) is 2.53. The number of anilines is 1. The van der Waals surface area contributed by atoms with Gasteiger partial charge in [-0.1, -0.05) is 6.07 Å². The van der Waals surface area contributed by atoms with Crippen molar-refractivity contribution in [1.29, 1.82) is 0 Å². The Morgan fingerprint density at radius 2 is 2.23 bits per heavy atom. The number of phenols is 1. The first-order valence-electron chi connectivity index (χ1n) is 3.48. The third-order valence-corrected chi connectivity index (χ3v) is 1.56. The van der Waals surface area contributed by atoms with Gasteiger partial charge in [-0.15, -0.1) is 0 Å². The second kappa shape index (κ2) is 3.30. The van der Waals surface area contributed by atoms with Crippen molar-refractivity contribution in [1.82, 2.24) is 0 Å². The van der Waals surface area contributed by atoms with E-state index in [0.717, 1.165) is 0 Å². The Balaban J connectivity index is 3.10. The molecule has 0 radical (unpaired) electrons. The number of halogens is 1. The average molecular weight is 184 g/mol. The van der Waals surface area contributed by atoms with Crippen molar-refractivity contribution < 1.29 is 19.4 Å². The number of carbonyl (C=O) groups is 1. The molecule has 0 aliphatic carbocycles. The van der Waals surface area contributed by atoms with E-state index in [1.165, 1.54) is 12.1 Å². The molecule has 0 aliphatic heterocycles. The highest BCUT2D eigenvalue weighted by Crippen LogP contribution is 2.26. The zero-order valence-electron chi connectivity index (χ0n) is 6.58. The number of rotatable bonds is 2. The molecule has 0 aromatic heterocycles. The maximum atomic E-state index is 13.0. The largest absolute Gasteiger partial charge is 0.550 e. The van der Waals surface area contributed by atoms with E-state index >= 15 is 0 Å². The molecule has 0 saturated carbocycles. The molecule has 0 spiro atoms. The maximum absolute atomic E-state index is 13.0. The third kappa shape index (κ3) is 1.87. The van der Waals surface area contributed by atoms with Crippen molar-refractivity contribution in [3.05, 3.63) is 23.5 Å². The summed E-state index contributed by atoms with van der Waals surface area (Å²) in [5, 5.41) is 19.1. The summed E-state index contributed by atoms with van der Waals surface area (Å²) in [4.78, 5) is 10.1. The Bertz CT molecular complexity index is 351. The van der Waals surface area contributed by atoms with Crippen molar-refractivity contribution in [2.75, 3.05) is 5.73 Å². The van der Waals surface area contributed by atoms with Gasteiger partial charge in [0.1, 0.15) is 0 Å². The Labute approximate surface area is 73.4 Å². The van der Waals surface area contributed by atoms with Crippen molar-refractivity contribution >= 4 is 11.7 Å². The summed E-state index contributed by atoms with van der Waals surface area (Å²) < 4.78 is 13.0. The van der Waals surface area contributed by atoms with Crippen LogP contribution in [0.4, 0.5) is 10.1 Å². The van der Waals surface area contributed by atoms with Gasteiger partial charge in [0.05, 0.1) is 5.69 Å². The Kier molecular flexibility index (Phi) is 2.36. The molecule has 5 heteroatoms. The molecule has 13 heavy (non-hydrogen) atoms. The summed E-state index contributed by atoms with van der Waals surface area (Å²) in [6.07, 6.45) is -0.584. The number of benzene rings is 1. The highest BCUT2D eigenvalue weighted by molar-refractivity contribution is 5.69. The number of aliphatic carboxylic acids is 1. The molecule has 0 heterocycles. The normalized spacial score (nSPS) is 9.92. The van der Waals surface area contributed by atoms with Crippen LogP contribution in [0.5, 0.6) is 5.75 Å². The minimum Gasteiger partial charge on any atom is -0.550 e. The lowest BCUT2D eigenvalue weighted by Crippen LogP contribution is -2.24. The number of nitrogen functional groups attached to an aromatic ring is 1. The molecular formula is C8H7FNO3-. The van der Waals surface area contributed by atoms with Crippen LogP contribution in [-0.2, 0) is 11.2 Å². The first-order valence-corrected chi connectivity index (χ1v) is 3.48. The van der Waals surface area contributed by atoms with Gasteiger partial charge in [-0.25, -0.2) is 4.39 Å². The molecular weight excluding hydrogens is 177 g/mol. The first-order chi connectivity index (χ1) is 6.02. The molecule has 1 rings (SSSR count). The molecule has 0 atom stereocenters. The van der Waals surface area contributed by atoms with Crippen LogP contribution in [0, 0.1) is 5.82 Å². The maximum Gasteiger partial charge on any atom is 0.175 e. The number of nitrogens with two attached hydrogens (primary N) is 1. The van der Waals surface area contributed by atoms with E-state index in [4.69, 9.17) is 10.8 Å². The average Bonchev–Trinajstić information content (AvgIpc) is 2.06. The molecule has 0 saturated heterocycles. The summed E-state index contributed by atoms with van der Waals surface area (Å²) in [5.41, 5.74) is 4.90. The number of aromatic hydroxyl groups is 1. The number of carboxylic acids is 1. The van der Waals surface area contributed by atoms with Crippen molar-refractivity contribution in [2.24, 2.45) is 0 Å². The fourth-order valence-corrected chi connectivity index (χ4v) is 0.913. The Hall–Kier alpha value is -1.78. The van der Waals surface area contributed by atoms with Gasteiger partial charge in [-0.2, -0.15) is 0 Å². The molecule has 70 valence electrons. The number of carboxylic acid groups (broad SMARTS) is 1. The van der Waals surface area contributed by atoms with Crippen LogP contribution in [0.2, 0.25) is 0 Å². The van der Waals surface area contributed by atoms with Crippen LogP contribution in [-0.4, -0.2) is 11.1 Å². The van der Waals surface area contributed by atoms with E-state index in [0.29, 0.717) is 0 Å². The number of phenolic OH excluding ortho intramolecular Hbond substituents is 1. The van der Waals surface area contributed by atoms with Crippen LogP contribution in [0.15, 0.2) is 12.1 Å². The predicted molar refractivity (Wildman–Crippen MR) is 41.2 cm³/mol. The van der Waals surface area contributed by atoms with Crippen LogP contribution < -0.4 is 10.8 Å². The van der Waals surface area contributed by atoms with Gasteiger partial charge < -0.3 is 20.7 Å². The van der Waals surface area contributed by atoms with Gasteiger partial charge in [0.15, 0.2) is 11.6 Å². The van der Waals surface area contributed by atoms with Crippen molar-refractivity contribution in [2.45, 2.75) is 6.42 Å². The van der Waals surface area contributed by atoms with Crippen LogP contribution >= 0.6 is 0 Å². The highest BCUT2D eigenvalue weighted by Gasteiger charge is 2.10. The minimum absolute atomic E-state index is 0.125. The summed E-state index contributed by atoms with van der Waals surface area (Å²) >= 11 is 0. The number of hydrogen-bond acceptors (Lipinski definition) is 4. The molecule has 0 bridgehead atoms. The number of carbonyl (C=O) groups excluding carboxylic acids is 1. The van der Waals surface area contributed by atoms with E-state index in [1.807, 2.05) is 0 Å². The van der Waals surface area contributed by atoms with Crippen molar-refractivity contribution in [3.8, 4) is 5.75 Å². The van der Waals surface area contributed by atoms with Crippen LogP contribution in [0.25, 0.3) is 0 Å². The Morgan fingerprint density at radius 3 is 2.77 bits per heavy atom. The topological polar surface area (TPSA) is 86.4 Å².